The van der Waals surface area contributed by atoms with E-state index in [9.17, 15) is 0 Å². The molecule has 0 heterocycles. The van der Waals surface area contributed by atoms with Crippen LogP contribution in [0.25, 0.3) is 21.5 Å². The van der Waals surface area contributed by atoms with Gasteiger partial charge in [0.25, 0.3) is 0 Å². The minimum Gasteiger partial charge on any atom is -0.0654 e. The zero-order chi connectivity index (χ0) is 15.2. The van der Waals surface area contributed by atoms with Gasteiger partial charge in [-0.05, 0) is 64.2 Å². The van der Waals surface area contributed by atoms with Crippen LogP contribution in [-0.4, -0.2) is 0 Å². The summed E-state index contributed by atoms with van der Waals surface area (Å²) in [6.07, 6.45) is 9.30. The normalized spacial score (nSPS) is 11.3. The van der Waals surface area contributed by atoms with Crippen LogP contribution in [0, 0.1) is 6.07 Å². The lowest BCUT2D eigenvalue weighted by molar-refractivity contribution is 0.608. The van der Waals surface area contributed by atoms with E-state index in [0.717, 1.165) is 0 Å². The average molecular weight is 289 g/mol. The van der Waals surface area contributed by atoms with E-state index >= 15 is 0 Å². The van der Waals surface area contributed by atoms with Gasteiger partial charge in [0.05, 0.1) is 0 Å². The zero-order valence-corrected chi connectivity index (χ0v) is 13.6. The van der Waals surface area contributed by atoms with Gasteiger partial charge in [0.15, 0.2) is 0 Å². The number of hydrogen-bond donors (Lipinski definition) is 0. The first-order valence-electron chi connectivity index (χ1n) is 8.70. The average Bonchev–Trinajstić information content (AvgIpc) is 2.56. The molecule has 0 fully saturated rings. The van der Waals surface area contributed by atoms with Crippen LogP contribution in [0.3, 0.4) is 0 Å². The van der Waals surface area contributed by atoms with Gasteiger partial charge in [-0.2, -0.15) is 0 Å². The van der Waals surface area contributed by atoms with Crippen molar-refractivity contribution in [2.45, 2.75) is 51.9 Å². The molecule has 3 aromatic carbocycles. The number of fused-ring (bicyclic) bond motifs is 2. The molecule has 0 aliphatic carbocycles. The molecule has 0 aliphatic rings. The van der Waals surface area contributed by atoms with E-state index in [2.05, 4.69) is 61.5 Å². The van der Waals surface area contributed by atoms with Crippen molar-refractivity contribution in [1.29, 1.82) is 0 Å². The van der Waals surface area contributed by atoms with Crippen molar-refractivity contribution in [2.75, 3.05) is 0 Å². The third-order valence-electron chi connectivity index (χ3n) is 4.56. The first kappa shape index (κ1) is 15.1. The number of aryl methyl sites for hydroxylation is 1. The molecule has 3 aromatic rings. The summed E-state index contributed by atoms with van der Waals surface area (Å²) < 4.78 is 0. The second-order valence-corrected chi connectivity index (χ2v) is 6.28. The molecule has 3 rings (SSSR count). The summed E-state index contributed by atoms with van der Waals surface area (Å²) in [6.45, 7) is 2.27. The maximum absolute atomic E-state index is 3.33. The lowest BCUT2D eigenvalue weighted by Gasteiger charge is -2.08. The summed E-state index contributed by atoms with van der Waals surface area (Å²) >= 11 is 0. The van der Waals surface area contributed by atoms with E-state index in [-0.39, 0.29) is 0 Å². The third kappa shape index (κ3) is 3.50. The molecule has 0 saturated carbocycles. The SMILES string of the molecule is CCCCCCCCc1c[c]cc2cc3ccccc3cc12. The minimum atomic E-state index is 1.18. The monoisotopic (exact) mass is 289 g/mol. The van der Waals surface area contributed by atoms with Gasteiger partial charge >= 0.3 is 0 Å². The molecule has 0 spiro atoms. The second kappa shape index (κ2) is 7.45. The topological polar surface area (TPSA) is 0 Å². The van der Waals surface area contributed by atoms with Crippen LogP contribution in [0.2, 0.25) is 0 Å². The van der Waals surface area contributed by atoms with E-state index in [1.807, 2.05) is 0 Å². The summed E-state index contributed by atoms with van der Waals surface area (Å²) in [4.78, 5) is 0. The summed E-state index contributed by atoms with van der Waals surface area (Å²) in [5, 5.41) is 5.39. The van der Waals surface area contributed by atoms with Crippen LogP contribution in [0.5, 0.6) is 0 Å². The predicted octanol–water partition coefficient (Wildman–Crippen LogP) is 6.70. The molecule has 0 amide bonds. The van der Waals surface area contributed by atoms with E-state index in [0.29, 0.717) is 0 Å². The molecular formula is C22H25. The second-order valence-electron chi connectivity index (χ2n) is 6.28. The highest BCUT2D eigenvalue weighted by Gasteiger charge is 2.03. The molecule has 0 aromatic heterocycles. The molecule has 0 saturated heterocycles. The molecule has 0 unspecified atom stereocenters. The Morgan fingerprint density at radius 2 is 1.50 bits per heavy atom. The molecule has 1 radical (unpaired) electrons. The van der Waals surface area contributed by atoms with Crippen LogP contribution in [0.15, 0.2) is 48.5 Å². The Labute approximate surface area is 134 Å². The first-order chi connectivity index (χ1) is 10.9. The van der Waals surface area contributed by atoms with Crippen LogP contribution in [0.1, 0.15) is 51.0 Å². The molecule has 22 heavy (non-hydrogen) atoms. The minimum absolute atomic E-state index is 1.18. The Morgan fingerprint density at radius 1 is 0.773 bits per heavy atom. The van der Waals surface area contributed by atoms with Crippen LogP contribution in [-0.2, 0) is 6.42 Å². The lowest BCUT2D eigenvalue weighted by Crippen LogP contribution is -1.89. The highest BCUT2D eigenvalue weighted by molar-refractivity contribution is 5.99. The first-order valence-corrected chi connectivity index (χ1v) is 8.70. The Hall–Kier alpha value is -1.82. The number of unbranched alkanes of at least 4 members (excludes halogenated alkanes) is 5. The van der Waals surface area contributed by atoms with Gasteiger partial charge in [0.2, 0.25) is 0 Å². The van der Waals surface area contributed by atoms with Gasteiger partial charge in [-0.1, -0.05) is 69.4 Å². The number of hydrogen-bond acceptors (Lipinski definition) is 0. The van der Waals surface area contributed by atoms with Crippen LogP contribution < -0.4 is 0 Å². The highest BCUT2D eigenvalue weighted by Crippen LogP contribution is 2.26. The highest BCUT2D eigenvalue weighted by atomic mass is 14.1. The van der Waals surface area contributed by atoms with Gasteiger partial charge in [-0.3, -0.25) is 0 Å². The van der Waals surface area contributed by atoms with Gasteiger partial charge in [-0.25, -0.2) is 0 Å². The maximum atomic E-state index is 3.33. The quantitative estimate of drug-likeness (QED) is 0.335. The largest absolute Gasteiger partial charge is 0.0654 e. The zero-order valence-electron chi connectivity index (χ0n) is 13.6. The Kier molecular flexibility index (Phi) is 5.11. The molecule has 0 atom stereocenters. The lowest BCUT2D eigenvalue weighted by atomic mass is 9.96. The predicted molar refractivity (Wildman–Crippen MR) is 97.4 cm³/mol. The van der Waals surface area contributed by atoms with E-state index in [1.165, 1.54) is 72.1 Å². The fraction of sp³-hybridized carbons (Fsp3) is 0.364. The Morgan fingerprint density at radius 3 is 2.32 bits per heavy atom. The standard InChI is InChI=1S/C22H25/c1-2-3-4-5-6-7-11-18-14-10-15-21-16-19-12-8-9-13-20(19)17-22(18)21/h8-9,12-17H,2-7,11H2,1H3. The fourth-order valence-corrected chi connectivity index (χ4v) is 3.27. The molecule has 113 valence electrons. The smallest absolute Gasteiger partial charge is 0.0145 e. The van der Waals surface area contributed by atoms with Gasteiger partial charge in [0, 0.05) is 0 Å². The van der Waals surface area contributed by atoms with Crippen molar-refractivity contribution in [3.05, 3.63) is 60.2 Å². The van der Waals surface area contributed by atoms with E-state index in [4.69, 9.17) is 0 Å². The van der Waals surface area contributed by atoms with Crippen LogP contribution >= 0.6 is 0 Å². The van der Waals surface area contributed by atoms with Crippen molar-refractivity contribution in [1.82, 2.24) is 0 Å². The van der Waals surface area contributed by atoms with Gasteiger partial charge < -0.3 is 0 Å². The van der Waals surface area contributed by atoms with Crippen molar-refractivity contribution < 1.29 is 0 Å². The van der Waals surface area contributed by atoms with Crippen molar-refractivity contribution in [3.8, 4) is 0 Å². The van der Waals surface area contributed by atoms with E-state index in [1.54, 1.807) is 0 Å². The van der Waals surface area contributed by atoms with Crippen LogP contribution in [0.4, 0.5) is 0 Å². The van der Waals surface area contributed by atoms with Crippen molar-refractivity contribution in [3.63, 3.8) is 0 Å². The van der Waals surface area contributed by atoms with Gasteiger partial charge in [-0.15, -0.1) is 0 Å². The summed E-state index contributed by atoms with van der Waals surface area (Å²) in [5.41, 5.74) is 1.46. The molecular weight excluding hydrogens is 264 g/mol. The molecule has 0 N–H and O–H groups in total. The Bertz CT molecular complexity index is 739. The summed E-state index contributed by atoms with van der Waals surface area (Å²) in [7, 11) is 0. The Balaban J connectivity index is 1.76. The molecule has 0 bridgehead atoms. The number of rotatable bonds is 7. The maximum Gasteiger partial charge on any atom is -0.0145 e. The van der Waals surface area contributed by atoms with Crippen molar-refractivity contribution >= 4 is 21.5 Å². The summed E-state index contributed by atoms with van der Waals surface area (Å²) in [5.74, 6) is 0. The molecule has 0 aliphatic heterocycles. The third-order valence-corrected chi connectivity index (χ3v) is 4.56. The fourth-order valence-electron chi connectivity index (χ4n) is 3.27. The molecule has 0 heteroatoms. The number of benzene rings is 3. The molecule has 0 nitrogen and oxygen atoms in total. The summed E-state index contributed by atoms with van der Waals surface area (Å²) in [6, 6.07) is 20.9. The van der Waals surface area contributed by atoms with Gasteiger partial charge in [0.1, 0.15) is 0 Å². The van der Waals surface area contributed by atoms with Crippen molar-refractivity contribution in [2.24, 2.45) is 0 Å². The van der Waals surface area contributed by atoms with E-state index < -0.39 is 0 Å².